The van der Waals surface area contributed by atoms with Crippen LogP contribution in [0, 0.1) is 0 Å². The van der Waals surface area contributed by atoms with Crippen LogP contribution in [0.15, 0.2) is 77.3 Å². The Kier molecular flexibility index (Phi) is 5.67. The van der Waals surface area contributed by atoms with Gasteiger partial charge in [-0.1, -0.05) is 71.4 Å². The highest BCUT2D eigenvalue weighted by molar-refractivity contribution is 9.10. The Balaban J connectivity index is 1.96. The van der Waals surface area contributed by atoms with Crippen molar-refractivity contribution in [2.45, 2.75) is 20.0 Å². The van der Waals surface area contributed by atoms with Crippen molar-refractivity contribution >= 4 is 21.7 Å². The number of ketones is 1. The van der Waals surface area contributed by atoms with Crippen LogP contribution in [0.1, 0.15) is 29.3 Å². The van der Waals surface area contributed by atoms with Crippen molar-refractivity contribution in [3.63, 3.8) is 0 Å². The quantitative estimate of drug-likeness (QED) is 0.459. The summed E-state index contributed by atoms with van der Waals surface area (Å²) in [6.07, 6.45) is 0.474. The Morgan fingerprint density at radius 3 is 2.36 bits per heavy atom. The zero-order valence-electron chi connectivity index (χ0n) is 14.0. The van der Waals surface area contributed by atoms with Crippen molar-refractivity contribution in [1.29, 1.82) is 0 Å². The second-order valence-corrected chi connectivity index (χ2v) is 6.59. The van der Waals surface area contributed by atoms with Gasteiger partial charge in [-0.25, -0.2) is 0 Å². The van der Waals surface area contributed by atoms with E-state index in [9.17, 15) is 4.79 Å². The van der Waals surface area contributed by atoms with Crippen molar-refractivity contribution in [1.82, 2.24) is 0 Å². The Bertz CT molecular complexity index is 872. The molecule has 3 aromatic carbocycles. The molecule has 0 fully saturated rings. The molecule has 0 N–H and O–H groups in total. The van der Waals surface area contributed by atoms with E-state index in [1.54, 1.807) is 0 Å². The van der Waals surface area contributed by atoms with E-state index in [4.69, 9.17) is 4.74 Å². The zero-order chi connectivity index (χ0) is 17.6. The summed E-state index contributed by atoms with van der Waals surface area (Å²) in [6, 6.07) is 23.6. The molecule has 0 spiro atoms. The molecule has 0 saturated heterocycles. The lowest BCUT2D eigenvalue weighted by Crippen LogP contribution is -2.02. The van der Waals surface area contributed by atoms with Gasteiger partial charge in [0.15, 0.2) is 5.78 Å². The highest BCUT2D eigenvalue weighted by Crippen LogP contribution is 2.34. The smallest absolute Gasteiger partial charge is 0.163 e. The van der Waals surface area contributed by atoms with Crippen LogP contribution in [0.5, 0.6) is 5.75 Å². The van der Waals surface area contributed by atoms with Gasteiger partial charge in [0, 0.05) is 16.5 Å². The summed E-state index contributed by atoms with van der Waals surface area (Å²) in [7, 11) is 0. The summed E-state index contributed by atoms with van der Waals surface area (Å²) in [5.74, 6) is 0.877. The topological polar surface area (TPSA) is 26.3 Å². The van der Waals surface area contributed by atoms with Crippen LogP contribution in [-0.2, 0) is 6.61 Å². The molecule has 0 aliphatic carbocycles. The Labute approximate surface area is 156 Å². The van der Waals surface area contributed by atoms with Crippen LogP contribution in [0.25, 0.3) is 11.1 Å². The average molecular weight is 395 g/mol. The third-order valence-corrected chi connectivity index (χ3v) is 4.72. The van der Waals surface area contributed by atoms with Crippen molar-refractivity contribution in [3.8, 4) is 16.9 Å². The van der Waals surface area contributed by atoms with E-state index in [1.165, 1.54) is 0 Å². The molecule has 25 heavy (non-hydrogen) atoms. The molecule has 2 nitrogen and oxygen atoms in total. The third kappa shape index (κ3) is 4.18. The van der Waals surface area contributed by atoms with Crippen LogP contribution in [0.2, 0.25) is 0 Å². The monoisotopic (exact) mass is 394 g/mol. The highest BCUT2D eigenvalue weighted by atomic mass is 79.9. The first kappa shape index (κ1) is 17.4. The molecule has 0 heterocycles. The summed E-state index contributed by atoms with van der Waals surface area (Å²) in [6.45, 7) is 2.38. The average Bonchev–Trinajstić information content (AvgIpc) is 2.67. The van der Waals surface area contributed by atoms with Gasteiger partial charge in [-0.3, -0.25) is 4.79 Å². The molecule has 0 aliphatic heterocycles. The fourth-order valence-corrected chi connectivity index (χ4v) is 3.19. The maximum atomic E-state index is 12.4. The van der Waals surface area contributed by atoms with E-state index in [0.717, 1.165) is 32.5 Å². The van der Waals surface area contributed by atoms with Gasteiger partial charge in [0.25, 0.3) is 0 Å². The van der Waals surface area contributed by atoms with Crippen LogP contribution in [-0.4, -0.2) is 5.78 Å². The molecule has 0 aliphatic rings. The van der Waals surface area contributed by atoms with Crippen molar-refractivity contribution in [2.24, 2.45) is 0 Å². The highest BCUT2D eigenvalue weighted by Gasteiger charge is 2.14. The summed E-state index contributed by atoms with van der Waals surface area (Å²) < 4.78 is 6.89. The summed E-state index contributed by atoms with van der Waals surface area (Å²) in [5, 5.41) is 0. The molecule has 0 unspecified atom stereocenters. The molecule has 3 rings (SSSR count). The van der Waals surface area contributed by atoms with Gasteiger partial charge in [0.05, 0.1) is 0 Å². The Hall–Kier alpha value is -2.39. The molecule has 3 aromatic rings. The predicted octanol–water partition coefficient (Wildman–Crippen LogP) is 6.29. The first-order chi connectivity index (χ1) is 12.2. The number of benzene rings is 3. The van der Waals surface area contributed by atoms with Crippen LogP contribution < -0.4 is 4.74 Å². The standard InChI is InChI=1S/C22H19BrO2/c1-2-22(24)19-13-12-17(25-15-16-8-4-3-5-9-16)14-20(19)18-10-6-7-11-21(18)23/h3-14H,2,15H2,1H3. The first-order valence-corrected chi connectivity index (χ1v) is 9.07. The maximum Gasteiger partial charge on any atom is 0.163 e. The van der Waals surface area contributed by atoms with Crippen LogP contribution >= 0.6 is 15.9 Å². The fourth-order valence-electron chi connectivity index (χ4n) is 2.69. The number of hydrogen-bond donors (Lipinski definition) is 0. The number of rotatable bonds is 6. The fraction of sp³-hybridized carbons (Fsp3) is 0.136. The van der Waals surface area contributed by atoms with Crippen molar-refractivity contribution < 1.29 is 9.53 Å². The summed E-state index contributed by atoms with van der Waals surface area (Å²) >= 11 is 3.59. The summed E-state index contributed by atoms with van der Waals surface area (Å²) in [5.41, 5.74) is 3.72. The van der Waals surface area contributed by atoms with Crippen molar-refractivity contribution in [2.75, 3.05) is 0 Å². The molecule has 0 saturated carbocycles. The molecule has 126 valence electrons. The Morgan fingerprint density at radius 1 is 0.920 bits per heavy atom. The molecule has 0 radical (unpaired) electrons. The lowest BCUT2D eigenvalue weighted by Gasteiger charge is -2.13. The lowest BCUT2D eigenvalue weighted by molar-refractivity contribution is 0.0988. The minimum absolute atomic E-state index is 0.125. The molecule has 3 heteroatoms. The molecular formula is C22H19BrO2. The SMILES string of the molecule is CCC(=O)c1ccc(OCc2ccccc2)cc1-c1ccccc1Br. The van der Waals surface area contributed by atoms with Gasteiger partial charge in [-0.2, -0.15) is 0 Å². The number of halogens is 1. The number of carbonyl (C=O) groups is 1. The summed E-state index contributed by atoms with van der Waals surface area (Å²) in [4.78, 5) is 12.4. The second-order valence-electron chi connectivity index (χ2n) is 5.74. The number of hydrogen-bond acceptors (Lipinski definition) is 2. The largest absolute Gasteiger partial charge is 0.489 e. The van der Waals surface area contributed by atoms with Crippen LogP contribution in [0.3, 0.4) is 0 Å². The van der Waals surface area contributed by atoms with Gasteiger partial charge >= 0.3 is 0 Å². The minimum atomic E-state index is 0.125. The minimum Gasteiger partial charge on any atom is -0.489 e. The van der Waals surface area contributed by atoms with E-state index >= 15 is 0 Å². The molecule has 0 bridgehead atoms. The van der Waals surface area contributed by atoms with Gasteiger partial charge < -0.3 is 4.74 Å². The van der Waals surface area contributed by atoms with E-state index in [0.29, 0.717) is 13.0 Å². The van der Waals surface area contributed by atoms with Gasteiger partial charge in [0.2, 0.25) is 0 Å². The number of ether oxygens (including phenoxy) is 1. The van der Waals surface area contributed by atoms with E-state index < -0.39 is 0 Å². The zero-order valence-corrected chi connectivity index (χ0v) is 15.6. The Morgan fingerprint density at radius 2 is 1.64 bits per heavy atom. The molecule has 0 aromatic heterocycles. The molecular weight excluding hydrogens is 376 g/mol. The maximum absolute atomic E-state index is 12.4. The first-order valence-electron chi connectivity index (χ1n) is 8.28. The normalized spacial score (nSPS) is 10.5. The van der Waals surface area contributed by atoms with Gasteiger partial charge in [-0.15, -0.1) is 0 Å². The van der Waals surface area contributed by atoms with Crippen molar-refractivity contribution in [3.05, 3.63) is 88.4 Å². The molecule has 0 amide bonds. The van der Waals surface area contributed by atoms with Gasteiger partial charge in [0.1, 0.15) is 12.4 Å². The second kappa shape index (κ2) is 8.13. The van der Waals surface area contributed by atoms with Gasteiger partial charge in [-0.05, 0) is 41.0 Å². The predicted molar refractivity (Wildman–Crippen MR) is 105 cm³/mol. The van der Waals surface area contributed by atoms with E-state index in [-0.39, 0.29) is 5.78 Å². The number of carbonyl (C=O) groups excluding carboxylic acids is 1. The van der Waals surface area contributed by atoms with E-state index in [2.05, 4.69) is 15.9 Å². The third-order valence-electron chi connectivity index (χ3n) is 4.02. The lowest BCUT2D eigenvalue weighted by atomic mass is 9.96. The molecule has 0 atom stereocenters. The number of Topliss-reactive ketones (excluding diaryl/α,β-unsaturated/α-hetero) is 1. The van der Waals surface area contributed by atoms with E-state index in [1.807, 2.05) is 79.7 Å². The van der Waals surface area contributed by atoms with Crippen LogP contribution in [0.4, 0.5) is 0 Å².